The van der Waals surface area contributed by atoms with Crippen molar-refractivity contribution in [2.24, 2.45) is 5.73 Å². The minimum Gasteiger partial charge on any atom is -0.384 e. The lowest BCUT2D eigenvalue weighted by Crippen LogP contribution is -2.40. The predicted octanol–water partition coefficient (Wildman–Crippen LogP) is 0.0253. The highest BCUT2D eigenvalue weighted by Gasteiger charge is 2.43. The molecule has 1 fully saturated rings. The van der Waals surface area contributed by atoms with Crippen LogP contribution in [0.25, 0.3) is 0 Å². The monoisotopic (exact) mass is 232 g/mol. The fourth-order valence-corrected chi connectivity index (χ4v) is 1.73. The van der Waals surface area contributed by atoms with E-state index in [9.17, 15) is 9.59 Å². The van der Waals surface area contributed by atoms with Gasteiger partial charge in [0.05, 0.1) is 0 Å². The summed E-state index contributed by atoms with van der Waals surface area (Å²) in [6, 6.07) is 6.11. The number of nitrogen functional groups attached to an aromatic ring is 1. The van der Waals surface area contributed by atoms with Crippen LogP contribution >= 0.6 is 0 Å². The average molecular weight is 232 g/mol. The molecule has 1 aliphatic heterocycles. The highest BCUT2D eigenvalue weighted by atomic mass is 16.2. The van der Waals surface area contributed by atoms with Crippen LogP contribution in [0.4, 0.5) is 4.79 Å². The third kappa shape index (κ3) is 1.73. The van der Waals surface area contributed by atoms with Crippen molar-refractivity contribution < 1.29 is 9.59 Å². The summed E-state index contributed by atoms with van der Waals surface area (Å²) in [5, 5.41) is 12.0. The van der Waals surface area contributed by atoms with E-state index in [0.717, 1.165) is 0 Å². The molecule has 1 saturated heterocycles. The topological polar surface area (TPSA) is 108 Å². The van der Waals surface area contributed by atoms with E-state index in [1.54, 1.807) is 31.2 Å². The zero-order chi connectivity index (χ0) is 12.6. The number of hydrogen-bond acceptors (Lipinski definition) is 3. The SMILES string of the molecule is CC1(c2ccc(C(=N)N)cc2)NC(=O)NC1=O. The van der Waals surface area contributed by atoms with E-state index in [2.05, 4.69) is 10.6 Å². The molecule has 6 heteroatoms. The van der Waals surface area contributed by atoms with Gasteiger partial charge in [0.25, 0.3) is 5.91 Å². The number of carbonyl (C=O) groups excluding carboxylic acids is 2. The number of rotatable bonds is 2. The Kier molecular flexibility index (Phi) is 2.35. The number of urea groups is 1. The molecule has 0 bridgehead atoms. The molecule has 6 nitrogen and oxygen atoms in total. The zero-order valence-corrected chi connectivity index (χ0v) is 9.20. The molecule has 17 heavy (non-hydrogen) atoms. The van der Waals surface area contributed by atoms with Gasteiger partial charge in [-0.25, -0.2) is 4.79 Å². The fourth-order valence-electron chi connectivity index (χ4n) is 1.73. The van der Waals surface area contributed by atoms with E-state index in [4.69, 9.17) is 11.1 Å². The minimum absolute atomic E-state index is 0.0402. The molecule has 1 unspecified atom stereocenters. The van der Waals surface area contributed by atoms with Crippen molar-refractivity contribution >= 4 is 17.8 Å². The van der Waals surface area contributed by atoms with Crippen molar-refractivity contribution in [3.63, 3.8) is 0 Å². The zero-order valence-electron chi connectivity index (χ0n) is 9.20. The number of nitrogens with two attached hydrogens (primary N) is 1. The summed E-state index contributed by atoms with van der Waals surface area (Å²) in [5.41, 5.74) is 5.49. The third-order valence-electron chi connectivity index (χ3n) is 2.82. The van der Waals surface area contributed by atoms with E-state index in [0.29, 0.717) is 11.1 Å². The lowest BCUT2D eigenvalue weighted by atomic mass is 9.91. The second kappa shape index (κ2) is 3.58. The van der Waals surface area contributed by atoms with Crippen LogP contribution in [0.2, 0.25) is 0 Å². The Morgan fingerprint density at radius 2 is 1.88 bits per heavy atom. The van der Waals surface area contributed by atoms with Crippen LogP contribution < -0.4 is 16.4 Å². The molecule has 1 aliphatic rings. The average Bonchev–Trinajstić information content (AvgIpc) is 2.54. The number of hydrogen-bond donors (Lipinski definition) is 4. The molecule has 5 N–H and O–H groups in total. The molecule has 0 aromatic heterocycles. The molecule has 88 valence electrons. The van der Waals surface area contributed by atoms with Gasteiger partial charge in [-0.2, -0.15) is 0 Å². The summed E-state index contributed by atoms with van der Waals surface area (Å²) in [4.78, 5) is 22.8. The van der Waals surface area contributed by atoms with Crippen LogP contribution in [0, 0.1) is 5.41 Å². The molecule has 1 atom stereocenters. The van der Waals surface area contributed by atoms with Gasteiger partial charge in [-0.15, -0.1) is 0 Å². The summed E-state index contributed by atoms with van der Waals surface area (Å²) >= 11 is 0. The number of benzene rings is 1. The highest BCUT2D eigenvalue weighted by Crippen LogP contribution is 2.24. The fraction of sp³-hybridized carbons (Fsp3) is 0.182. The van der Waals surface area contributed by atoms with Crippen LogP contribution in [-0.2, 0) is 10.3 Å². The third-order valence-corrected chi connectivity index (χ3v) is 2.82. The molecular weight excluding hydrogens is 220 g/mol. The Bertz CT molecular complexity index is 509. The van der Waals surface area contributed by atoms with Gasteiger partial charge in [-0.1, -0.05) is 24.3 Å². The van der Waals surface area contributed by atoms with E-state index < -0.39 is 17.5 Å². The maximum absolute atomic E-state index is 11.7. The van der Waals surface area contributed by atoms with Crippen LogP contribution in [0.5, 0.6) is 0 Å². The number of amides is 3. The molecular formula is C11H12N4O2. The van der Waals surface area contributed by atoms with E-state index in [1.165, 1.54) is 0 Å². The Labute approximate surface area is 97.7 Å². The first-order valence-electron chi connectivity index (χ1n) is 5.02. The standard InChI is InChI=1S/C11H12N4O2/c1-11(9(16)14-10(17)15-11)7-4-2-6(3-5-7)8(12)13/h2-5H,1H3,(H3,12,13)(H2,14,15,16,17). The Morgan fingerprint density at radius 1 is 1.29 bits per heavy atom. The number of amidine groups is 1. The summed E-state index contributed by atoms with van der Waals surface area (Å²) in [7, 11) is 0. The Morgan fingerprint density at radius 3 is 2.29 bits per heavy atom. The first-order chi connectivity index (χ1) is 7.93. The maximum atomic E-state index is 11.7. The van der Waals surface area contributed by atoms with Crippen molar-refractivity contribution in [3.05, 3.63) is 35.4 Å². The van der Waals surface area contributed by atoms with Crippen molar-refractivity contribution in [1.29, 1.82) is 5.41 Å². The Balaban J connectivity index is 2.37. The van der Waals surface area contributed by atoms with Gasteiger partial charge in [-0.05, 0) is 12.5 Å². The first kappa shape index (κ1) is 11.1. The van der Waals surface area contributed by atoms with Gasteiger partial charge in [0.15, 0.2) is 0 Å². The molecule has 3 amide bonds. The smallest absolute Gasteiger partial charge is 0.322 e. The van der Waals surface area contributed by atoms with Crippen molar-refractivity contribution in [2.75, 3.05) is 0 Å². The van der Waals surface area contributed by atoms with E-state index in [-0.39, 0.29) is 5.84 Å². The number of nitrogens with one attached hydrogen (secondary N) is 3. The lowest BCUT2D eigenvalue weighted by molar-refractivity contribution is -0.123. The molecule has 0 saturated carbocycles. The largest absolute Gasteiger partial charge is 0.384 e. The molecule has 0 aliphatic carbocycles. The van der Waals surface area contributed by atoms with E-state index in [1.807, 2.05) is 0 Å². The second-order valence-corrected chi connectivity index (χ2v) is 4.02. The van der Waals surface area contributed by atoms with Crippen LogP contribution in [0.15, 0.2) is 24.3 Å². The van der Waals surface area contributed by atoms with Gasteiger partial charge in [0.2, 0.25) is 0 Å². The summed E-state index contributed by atoms with van der Waals surface area (Å²) < 4.78 is 0. The molecule has 1 aromatic carbocycles. The van der Waals surface area contributed by atoms with Crippen molar-refractivity contribution in [3.8, 4) is 0 Å². The molecule has 0 spiro atoms. The van der Waals surface area contributed by atoms with Gasteiger partial charge in [0, 0.05) is 5.56 Å². The quantitative estimate of drug-likeness (QED) is 0.328. The molecule has 2 rings (SSSR count). The number of imide groups is 1. The summed E-state index contributed by atoms with van der Waals surface area (Å²) in [5.74, 6) is -0.431. The van der Waals surface area contributed by atoms with Crippen LogP contribution in [-0.4, -0.2) is 17.8 Å². The highest BCUT2D eigenvalue weighted by molar-refractivity contribution is 6.07. The normalized spacial score (nSPS) is 23.1. The van der Waals surface area contributed by atoms with Crippen LogP contribution in [0.3, 0.4) is 0 Å². The van der Waals surface area contributed by atoms with Crippen molar-refractivity contribution in [1.82, 2.24) is 10.6 Å². The summed E-state index contributed by atoms with van der Waals surface area (Å²) in [6.45, 7) is 1.62. The minimum atomic E-state index is -1.06. The Hall–Kier alpha value is -2.37. The van der Waals surface area contributed by atoms with E-state index >= 15 is 0 Å². The summed E-state index contributed by atoms with van der Waals surface area (Å²) in [6.07, 6.45) is 0. The molecule has 1 heterocycles. The molecule has 1 aromatic rings. The maximum Gasteiger partial charge on any atom is 0.322 e. The van der Waals surface area contributed by atoms with Gasteiger partial charge < -0.3 is 11.1 Å². The lowest BCUT2D eigenvalue weighted by Gasteiger charge is -2.21. The van der Waals surface area contributed by atoms with Gasteiger partial charge >= 0.3 is 6.03 Å². The predicted molar refractivity (Wildman–Crippen MR) is 61.5 cm³/mol. The first-order valence-corrected chi connectivity index (χ1v) is 5.02. The number of carbonyl (C=O) groups is 2. The van der Waals surface area contributed by atoms with Crippen molar-refractivity contribution in [2.45, 2.75) is 12.5 Å². The van der Waals surface area contributed by atoms with Gasteiger partial charge in [-0.3, -0.25) is 15.5 Å². The van der Waals surface area contributed by atoms with Gasteiger partial charge in [0.1, 0.15) is 11.4 Å². The van der Waals surface area contributed by atoms with Crippen LogP contribution in [0.1, 0.15) is 18.1 Å². The second-order valence-electron chi connectivity index (χ2n) is 4.02. The molecule has 0 radical (unpaired) electrons.